The van der Waals surface area contributed by atoms with E-state index in [9.17, 15) is 0 Å². The molecule has 0 radical (unpaired) electrons. The van der Waals surface area contributed by atoms with E-state index < -0.39 is 0 Å². The fraction of sp³-hybridized carbons (Fsp3) is 0.308. The molecule has 0 aliphatic carbocycles. The van der Waals surface area contributed by atoms with Crippen molar-refractivity contribution < 1.29 is 0 Å². The Bertz CT molecular complexity index is 999. The zero-order chi connectivity index (χ0) is 21.3. The van der Waals surface area contributed by atoms with Gasteiger partial charge >= 0.3 is 0 Å². The predicted octanol–water partition coefficient (Wildman–Crippen LogP) is 8.46. The Labute approximate surface area is 184 Å². The van der Waals surface area contributed by atoms with Gasteiger partial charge in [-0.2, -0.15) is 20.5 Å². The molecular weight excluding hydrogens is 382 g/mol. The van der Waals surface area contributed by atoms with Crippen LogP contribution in [-0.4, -0.2) is 13.1 Å². The number of hydrogen-bond donors (Lipinski definition) is 0. The molecule has 5 heteroatoms. The number of hydrogen-bond acceptors (Lipinski definition) is 5. The molecule has 4 rings (SSSR count). The van der Waals surface area contributed by atoms with Gasteiger partial charge in [-0.15, -0.1) is 0 Å². The monoisotopic (exact) mass is 411 g/mol. The van der Waals surface area contributed by atoms with Crippen molar-refractivity contribution >= 4 is 28.4 Å². The van der Waals surface area contributed by atoms with E-state index in [0.29, 0.717) is 0 Å². The van der Waals surface area contributed by atoms with Crippen LogP contribution >= 0.6 is 0 Å². The smallest absolute Gasteiger partial charge is 0.0858 e. The van der Waals surface area contributed by atoms with E-state index in [4.69, 9.17) is 0 Å². The minimum absolute atomic E-state index is 0.794. The first-order valence-corrected chi connectivity index (χ1v) is 11.2. The average molecular weight is 412 g/mol. The molecule has 1 heterocycles. The normalized spacial score (nSPS) is 14.2. The van der Waals surface area contributed by atoms with Crippen LogP contribution < -0.4 is 4.90 Å². The Hall–Kier alpha value is -3.34. The lowest BCUT2D eigenvalue weighted by molar-refractivity contribution is 0.795. The number of rotatable bonds is 8. The first-order chi connectivity index (χ1) is 15.3. The van der Waals surface area contributed by atoms with Crippen molar-refractivity contribution in [1.29, 1.82) is 0 Å². The van der Waals surface area contributed by atoms with Gasteiger partial charge in [0.25, 0.3) is 0 Å². The molecule has 1 aliphatic rings. The Morgan fingerprint density at radius 3 is 1.48 bits per heavy atom. The van der Waals surface area contributed by atoms with Gasteiger partial charge in [0.1, 0.15) is 0 Å². The Morgan fingerprint density at radius 2 is 1.03 bits per heavy atom. The molecule has 3 aromatic carbocycles. The third kappa shape index (κ3) is 6.07. The van der Waals surface area contributed by atoms with Crippen LogP contribution in [0.3, 0.4) is 0 Å². The Balaban J connectivity index is 1.33. The third-order valence-corrected chi connectivity index (χ3v) is 5.49. The molecule has 0 spiro atoms. The molecule has 1 fully saturated rings. The van der Waals surface area contributed by atoms with Gasteiger partial charge < -0.3 is 4.90 Å². The van der Waals surface area contributed by atoms with E-state index >= 15 is 0 Å². The standard InChI is InChI=1S/C26H29N5/c1-2-3-6-21-7-9-22(10-8-21)27-28-23-11-13-24(14-12-23)29-30-25-15-17-26(18-16-25)31-19-4-5-20-31/h7-18H,2-6,19-20H2,1H3. The molecule has 0 bridgehead atoms. The largest absolute Gasteiger partial charge is 0.372 e. The highest BCUT2D eigenvalue weighted by molar-refractivity contribution is 5.53. The van der Waals surface area contributed by atoms with Gasteiger partial charge in [-0.1, -0.05) is 25.5 Å². The summed E-state index contributed by atoms with van der Waals surface area (Å²) in [5, 5.41) is 17.3. The lowest BCUT2D eigenvalue weighted by atomic mass is 10.1. The van der Waals surface area contributed by atoms with Crippen LogP contribution in [0.2, 0.25) is 0 Å². The summed E-state index contributed by atoms with van der Waals surface area (Å²) in [6, 6.07) is 24.2. The van der Waals surface area contributed by atoms with E-state index in [1.807, 2.05) is 48.5 Å². The maximum atomic E-state index is 4.35. The van der Waals surface area contributed by atoms with Crippen LogP contribution in [0, 0.1) is 0 Å². The summed E-state index contributed by atoms with van der Waals surface area (Å²) in [7, 11) is 0. The van der Waals surface area contributed by atoms with Crippen molar-refractivity contribution in [3.8, 4) is 0 Å². The van der Waals surface area contributed by atoms with Crippen molar-refractivity contribution in [3.05, 3.63) is 78.4 Å². The van der Waals surface area contributed by atoms with Crippen LogP contribution in [0.1, 0.15) is 38.2 Å². The van der Waals surface area contributed by atoms with E-state index in [2.05, 4.69) is 56.5 Å². The SMILES string of the molecule is CCCCc1ccc(N=Nc2ccc(N=Nc3ccc(N4CCCC4)cc3)cc2)cc1. The number of unbranched alkanes of at least 4 members (excludes halogenated alkanes) is 1. The molecule has 3 aromatic rings. The molecule has 158 valence electrons. The molecular formula is C26H29N5. The topological polar surface area (TPSA) is 52.7 Å². The van der Waals surface area contributed by atoms with Gasteiger partial charge in [-0.3, -0.25) is 0 Å². The van der Waals surface area contributed by atoms with E-state index in [0.717, 1.165) is 42.3 Å². The van der Waals surface area contributed by atoms with Crippen molar-refractivity contribution in [3.63, 3.8) is 0 Å². The molecule has 1 aliphatic heterocycles. The molecule has 0 unspecified atom stereocenters. The summed E-state index contributed by atoms with van der Waals surface area (Å²) in [6.45, 7) is 4.51. The average Bonchev–Trinajstić information content (AvgIpc) is 3.37. The highest BCUT2D eigenvalue weighted by Crippen LogP contribution is 2.26. The number of azo groups is 2. The second-order valence-electron chi connectivity index (χ2n) is 7.90. The van der Waals surface area contributed by atoms with Crippen molar-refractivity contribution in [2.45, 2.75) is 39.0 Å². The van der Waals surface area contributed by atoms with Crippen LogP contribution in [-0.2, 0) is 6.42 Å². The fourth-order valence-electron chi connectivity index (χ4n) is 3.63. The number of benzene rings is 3. The molecule has 1 saturated heterocycles. The van der Waals surface area contributed by atoms with Gasteiger partial charge in [0.2, 0.25) is 0 Å². The summed E-state index contributed by atoms with van der Waals surface area (Å²) < 4.78 is 0. The van der Waals surface area contributed by atoms with Crippen molar-refractivity contribution in [2.24, 2.45) is 20.5 Å². The molecule has 31 heavy (non-hydrogen) atoms. The van der Waals surface area contributed by atoms with Crippen LogP contribution in [0.4, 0.5) is 28.4 Å². The van der Waals surface area contributed by atoms with Crippen LogP contribution in [0.25, 0.3) is 0 Å². The molecule has 0 saturated carbocycles. The maximum absolute atomic E-state index is 4.35. The quantitative estimate of drug-likeness (QED) is 0.343. The minimum Gasteiger partial charge on any atom is -0.372 e. The highest BCUT2D eigenvalue weighted by atomic mass is 15.1. The molecule has 0 amide bonds. The first-order valence-electron chi connectivity index (χ1n) is 11.2. The third-order valence-electron chi connectivity index (χ3n) is 5.49. The summed E-state index contributed by atoms with van der Waals surface area (Å²) in [5.41, 5.74) is 5.92. The zero-order valence-electron chi connectivity index (χ0n) is 18.1. The summed E-state index contributed by atoms with van der Waals surface area (Å²) in [6.07, 6.45) is 6.10. The van der Waals surface area contributed by atoms with Gasteiger partial charge in [0, 0.05) is 18.8 Å². The van der Waals surface area contributed by atoms with Crippen molar-refractivity contribution in [1.82, 2.24) is 0 Å². The summed E-state index contributed by atoms with van der Waals surface area (Å²) >= 11 is 0. The highest BCUT2D eigenvalue weighted by Gasteiger charge is 2.11. The lowest BCUT2D eigenvalue weighted by Crippen LogP contribution is -2.17. The molecule has 0 aromatic heterocycles. The van der Waals surface area contributed by atoms with Crippen LogP contribution in [0.15, 0.2) is 93.3 Å². The number of anilines is 1. The van der Waals surface area contributed by atoms with E-state index in [-0.39, 0.29) is 0 Å². The predicted molar refractivity (Wildman–Crippen MR) is 128 cm³/mol. The number of aryl methyl sites for hydroxylation is 1. The molecule has 0 N–H and O–H groups in total. The van der Waals surface area contributed by atoms with Gasteiger partial charge in [0.15, 0.2) is 0 Å². The van der Waals surface area contributed by atoms with E-state index in [1.165, 1.54) is 36.9 Å². The minimum atomic E-state index is 0.794. The summed E-state index contributed by atoms with van der Waals surface area (Å²) in [5.74, 6) is 0. The molecule has 0 atom stereocenters. The second kappa shape index (κ2) is 10.6. The van der Waals surface area contributed by atoms with Gasteiger partial charge in [-0.05, 0) is 91.9 Å². The molecule has 5 nitrogen and oxygen atoms in total. The van der Waals surface area contributed by atoms with Gasteiger partial charge in [-0.25, -0.2) is 0 Å². The second-order valence-corrected chi connectivity index (χ2v) is 7.90. The Kier molecular flexibility index (Phi) is 7.16. The first kappa shape index (κ1) is 20.9. The lowest BCUT2D eigenvalue weighted by Gasteiger charge is -2.17. The summed E-state index contributed by atoms with van der Waals surface area (Å²) in [4.78, 5) is 2.41. The maximum Gasteiger partial charge on any atom is 0.0858 e. The van der Waals surface area contributed by atoms with Crippen molar-refractivity contribution in [2.75, 3.05) is 18.0 Å². The number of nitrogens with zero attached hydrogens (tertiary/aromatic N) is 5. The van der Waals surface area contributed by atoms with E-state index in [1.54, 1.807) is 0 Å². The van der Waals surface area contributed by atoms with Crippen LogP contribution in [0.5, 0.6) is 0 Å². The zero-order valence-corrected chi connectivity index (χ0v) is 18.1. The Morgan fingerprint density at radius 1 is 0.613 bits per heavy atom. The van der Waals surface area contributed by atoms with Gasteiger partial charge in [0.05, 0.1) is 22.7 Å². The fourth-order valence-corrected chi connectivity index (χ4v) is 3.63.